The lowest BCUT2D eigenvalue weighted by molar-refractivity contribution is -0.137. The lowest BCUT2D eigenvalue weighted by Crippen LogP contribution is -2.27. The van der Waals surface area contributed by atoms with Gasteiger partial charge in [0.25, 0.3) is 0 Å². The van der Waals surface area contributed by atoms with Crippen molar-refractivity contribution < 1.29 is 18.0 Å². The van der Waals surface area contributed by atoms with Crippen LogP contribution in [0.2, 0.25) is 0 Å². The SMILES string of the molecule is CC(NC(=O)Cc1cccc(C(F)(F)F)c1)c1cccs1. The molecule has 2 nitrogen and oxygen atoms in total. The quantitative estimate of drug-likeness (QED) is 0.901. The van der Waals surface area contributed by atoms with Crippen LogP contribution in [0.15, 0.2) is 41.8 Å². The Hall–Kier alpha value is -1.82. The topological polar surface area (TPSA) is 29.1 Å². The molecule has 1 aromatic carbocycles. The minimum absolute atomic E-state index is 0.0698. The Morgan fingerprint density at radius 1 is 1.29 bits per heavy atom. The molecular weight excluding hydrogens is 299 g/mol. The Labute approximate surface area is 124 Å². The maximum Gasteiger partial charge on any atom is 0.416 e. The summed E-state index contributed by atoms with van der Waals surface area (Å²) in [6, 6.07) is 8.47. The van der Waals surface area contributed by atoms with Gasteiger partial charge in [-0.3, -0.25) is 4.79 Å². The molecule has 0 fully saturated rings. The number of nitrogens with one attached hydrogen (secondary N) is 1. The fraction of sp³-hybridized carbons (Fsp3) is 0.267. The van der Waals surface area contributed by atoms with Gasteiger partial charge in [0.2, 0.25) is 5.91 Å². The van der Waals surface area contributed by atoms with Gasteiger partial charge in [-0.25, -0.2) is 0 Å². The molecule has 0 aliphatic heterocycles. The fourth-order valence-electron chi connectivity index (χ4n) is 1.94. The maximum atomic E-state index is 12.6. The number of hydrogen-bond acceptors (Lipinski definition) is 2. The summed E-state index contributed by atoms with van der Waals surface area (Å²) in [5.74, 6) is -0.296. The number of halogens is 3. The van der Waals surface area contributed by atoms with Crippen molar-refractivity contribution >= 4 is 17.2 Å². The van der Waals surface area contributed by atoms with Crippen LogP contribution < -0.4 is 5.32 Å². The van der Waals surface area contributed by atoms with Gasteiger partial charge in [-0.1, -0.05) is 24.3 Å². The molecule has 0 aliphatic carbocycles. The van der Waals surface area contributed by atoms with Crippen LogP contribution in [0.4, 0.5) is 13.2 Å². The molecule has 1 aromatic heterocycles. The highest BCUT2D eigenvalue weighted by molar-refractivity contribution is 7.10. The van der Waals surface area contributed by atoms with Crippen LogP contribution in [0.1, 0.15) is 29.0 Å². The zero-order chi connectivity index (χ0) is 15.5. The lowest BCUT2D eigenvalue weighted by Gasteiger charge is -2.13. The summed E-state index contributed by atoms with van der Waals surface area (Å²) in [6.07, 6.45) is -4.46. The number of rotatable bonds is 4. The van der Waals surface area contributed by atoms with E-state index in [1.165, 1.54) is 23.5 Å². The predicted molar refractivity (Wildman–Crippen MR) is 76.0 cm³/mol. The number of carbonyl (C=O) groups is 1. The third kappa shape index (κ3) is 4.32. The van der Waals surface area contributed by atoms with Crippen LogP contribution in [-0.4, -0.2) is 5.91 Å². The summed E-state index contributed by atoms with van der Waals surface area (Å²) in [7, 11) is 0. The number of thiophene rings is 1. The molecule has 0 spiro atoms. The van der Waals surface area contributed by atoms with E-state index >= 15 is 0 Å². The largest absolute Gasteiger partial charge is 0.416 e. The molecule has 1 heterocycles. The van der Waals surface area contributed by atoms with Crippen LogP contribution in [0, 0.1) is 0 Å². The number of alkyl halides is 3. The average molecular weight is 313 g/mol. The molecule has 1 N–H and O–H groups in total. The molecule has 0 aliphatic rings. The standard InChI is InChI=1S/C15H14F3NOS/c1-10(13-6-3-7-21-13)19-14(20)9-11-4-2-5-12(8-11)15(16,17)18/h2-8,10H,9H2,1H3,(H,19,20). The second-order valence-corrected chi connectivity index (χ2v) is 5.66. The average Bonchev–Trinajstić information content (AvgIpc) is 2.91. The molecule has 1 unspecified atom stereocenters. The molecule has 6 heteroatoms. The smallest absolute Gasteiger partial charge is 0.348 e. The highest BCUT2D eigenvalue weighted by atomic mass is 32.1. The van der Waals surface area contributed by atoms with Gasteiger partial charge < -0.3 is 5.32 Å². The molecule has 0 radical (unpaired) electrons. The van der Waals surface area contributed by atoms with Crippen LogP contribution in [0.25, 0.3) is 0 Å². The molecule has 21 heavy (non-hydrogen) atoms. The van der Waals surface area contributed by atoms with E-state index in [0.29, 0.717) is 5.56 Å². The van der Waals surface area contributed by atoms with Gasteiger partial charge in [-0.15, -0.1) is 11.3 Å². The predicted octanol–water partition coefficient (Wildman–Crippen LogP) is 4.19. The van der Waals surface area contributed by atoms with Crippen molar-refractivity contribution in [3.05, 3.63) is 57.8 Å². The van der Waals surface area contributed by atoms with E-state index in [2.05, 4.69) is 5.32 Å². The van der Waals surface area contributed by atoms with Gasteiger partial charge >= 0.3 is 6.18 Å². The summed E-state index contributed by atoms with van der Waals surface area (Å²) in [4.78, 5) is 12.9. The van der Waals surface area contributed by atoms with Crippen LogP contribution in [0.5, 0.6) is 0 Å². The Bertz CT molecular complexity index is 608. The molecular formula is C15H14F3NOS. The van der Waals surface area contributed by atoms with E-state index < -0.39 is 11.7 Å². The van der Waals surface area contributed by atoms with Crippen LogP contribution >= 0.6 is 11.3 Å². The van der Waals surface area contributed by atoms with Crippen LogP contribution in [-0.2, 0) is 17.4 Å². The summed E-state index contributed by atoms with van der Waals surface area (Å²) in [5, 5.41) is 4.69. The minimum Gasteiger partial charge on any atom is -0.348 e. The summed E-state index contributed by atoms with van der Waals surface area (Å²) in [5.41, 5.74) is -0.389. The zero-order valence-corrected chi connectivity index (χ0v) is 12.1. The van der Waals surface area contributed by atoms with Crippen molar-refractivity contribution in [2.24, 2.45) is 0 Å². The van der Waals surface area contributed by atoms with E-state index in [9.17, 15) is 18.0 Å². The van der Waals surface area contributed by atoms with Gasteiger partial charge in [-0.2, -0.15) is 13.2 Å². The number of amides is 1. The molecule has 0 saturated carbocycles. The molecule has 1 atom stereocenters. The highest BCUT2D eigenvalue weighted by Crippen LogP contribution is 2.29. The van der Waals surface area contributed by atoms with Crippen molar-refractivity contribution in [3.8, 4) is 0 Å². The van der Waals surface area contributed by atoms with Gasteiger partial charge in [0.15, 0.2) is 0 Å². The first kappa shape index (κ1) is 15.6. The van der Waals surface area contributed by atoms with E-state index in [-0.39, 0.29) is 18.4 Å². The van der Waals surface area contributed by atoms with Crippen LogP contribution in [0.3, 0.4) is 0 Å². The van der Waals surface area contributed by atoms with Crippen molar-refractivity contribution in [3.63, 3.8) is 0 Å². The van der Waals surface area contributed by atoms with Crippen molar-refractivity contribution in [1.29, 1.82) is 0 Å². The van der Waals surface area contributed by atoms with E-state index in [1.54, 1.807) is 0 Å². The Morgan fingerprint density at radius 2 is 2.05 bits per heavy atom. The monoisotopic (exact) mass is 313 g/mol. The zero-order valence-electron chi connectivity index (χ0n) is 11.3. The molecule has 2 rings (SSSR count). The summed E-state index contributed by atoms with van der Waals surface area (Å²) in [6.45, 7) is 1.84. The van der Waals surface area contributed by atoms with Gasteiger partial charge in [0, 0.05) is 4.88 Å². The maximum absolute atomic E-state index is 12.6. The van der Waals surface area contributed by atoms with Gasteiger partial charge in [0.1, 0.15) is 0 Å². The van der Waals surface area contributed by atoms with Gasteiger partial charge in [0.05, 0.1) is 18.0 Å². The van der Waals surface area contributed by atoms with Crippen molar-refractivity contribution in [2.45, 2.75) is 25.6 Å². The highest BCUT2D eigenvalue weighted by Gasteiger charge is 2.30. The first-order valence-corrected chi connectivity index (χ1v) is 7.23. The Morgan fingerprint density at radius 3 is 2.67 bits per heavy atom. The third-order valence-corrected chi connectivity index (χ3v) is 4.02. The normalized spacial score (nSPS) is 13.0. The molecule has 2 aromatic rings. The Balaban J connectivity index is 2.00. The third-order valence-electron chi connectivity index (χ3n) is 2.97. The lowest BCUT2D eigenvalue weighted by atomic mass is 10.1. The number of carbonyl (C=O) groups excluding carboxylic acids is 1. The Kier molecular flexibility index (Phi) is 4.67. The fourth-order valence-corrected chi connectivity index (χ4v) is 2.68. The van der Waals surface area contributed by atoms with E-state index in [1.807, 2.05) is 24.4 Å². The van der Waals surface area contributed by atoms with Crippen molar-refractivity contribution in [2.75, 3.05) is 0 Å². The first-order valence-electron chi connectivity index (χ1n) is 6.35. The number of benzene rings is 1. The molecule has 112 valence electrons. The first-order chi connectivity index (χ1) is 9.86. The van der Waals surface area contributed by atoms with Crippen molar-refractivity contribution in [1.82, 2.24) is 5.32 Å². The van der Waals surface area contributed by atoms with E-state index in [0.717, 1.165) is 17.0 Å². The molecule has 0 bridgehead atoms. The molecule has 0 saturated heterocycles. The minimum atomic E-state index is -4.39. The second-order valence-electron chi connectivity index (χ2n) is 4.68. The molecule has 1 amide bonds. The second kappa shape index (κ2) is 6.30. The number of hydrogen-bond donors (Lipinski definition) is 1. The van der Waals surface area contributed by atoms with Gasteiger partial charge in [-0.05, 0) is 30.0 Å². The summed E-state index contributed by atoms with van der Waals surface area (Å²) < 4.78 is 37.8. The van der Waals surface area contributed by atoms with E-state index in [4.69, 9.17) is 0 Å². The summed E-state index contributed by atoms with van der Waals surface area (Å²) >= 11 is 1.52.